The summed E-state index contributed by atoms with van der Waals surface area (Å²) in [6, 6.07) is 14.6. The van der Waals surface area contributed by atoms with Crippen LogP contribution in [-0.2, 0) is 10.2 Å². The molecule has 0 bridgehead atoms. The summed E-state index contributed by atoms with van der Waals surface area (Å²) in [5.41, 5.74) is 1.87. The van der Waals surface area contributed by atoms with Gasteiger partial charge in [-0.2, -0.15) is 0 Å². The van der Waals surface area contributed by atoms with E-state index in [-0.39, 0.29) is 11.7 Å². The molecule has 0 spiro atoms. The van der Waals surface area contributed by atoms with E-state index in [4.69, 9.17) is 11.6 Å². The normalized spacial score (nSPS) is 15.9. The zero-order valence-electron chi connectivity index (χ0n) is 13.6. The Kier molecular flexibility index (Phi) is 4.72. The van der Waals surface area contributed by atoms with Crippen LogP contribution in [-0.4, -0.2) is 11.7 Å². The second-order valence-corrected chi connectivity index (χ2v) is 6.82. The Morgan fingerprint density at radius 1 is 0.958 bits per heavy atom. The third kappa shape index (κ3) is 3.22. The SMILES string of the molecule is CC(=O)c1ccc(NC(=O)C2(c3ccc(Cl)cc3)CCCC2)cc1. The van der Waals surface area contributed by atoms with Crippen molar-refractivity contribution in [3.05, 3.63) is 64.7 Å². The summed E-state index contributed by atoms with van der Waals surface area (Å²) >= 11 is 5.99. The van der Waals surface area contributed by atoms with Gasteiger partial charge in [0.05, 0.1) is 5.41 Å². The van der Waals surface area contributed by atoms with Crippen molar-refractivity contribution in [1.82, 2.24) is 0 Å². The Labute approximate surface area is 147 Å². The highest BCUT2D eigenvalue weighted by Crippen LogP contribution is 2.42. The van der Waals surface area contributed by atoms with E-state index in [1.807, 2.05) is 24.3 Å². The first-order valence-electron chi connectivity index (χ1n) is 8.20. The van der Waals surface area contributed by atoms with E-state index in [2.05, 4.69) is 5.32 Å². The van der Waals surface area contributed by atoms with Crippen LogP contribution in [0.25, 0.3) is 0 Å². The molecule has 4 heteroatoms. The molecule has 0 heterocycles. The van der Waals surface area contributed by atoms with Crippen LogP contribution in [0.2, 0.25) is 5.02 Å². The highest BCUT2D eigenvalue weighted by Gasteiger charge is 2.42. The largest absolute Gasteiger partial charge is 0.325 e. The van der Waals surface area contributed by atoms with Gasteiger partial charge in [0.1, 0.15) is 0 Å². The molecule has 0 atom stereocenters. The number of hydrogen-bond acceptors (Lipinski definition) is 2. The Morgan fingerprint density at radius 3 is 2.08 bits per heavy atom. The number of carbonyl (C=O) groups is 2. The quantitative estimate of drug-likeness (QED) is 0.796. The highest BCUT2D eigenvalue weighted by molar-refractivity contribution is 6.30. The molecule has 124 valence electrons. The number of benzene rings is 2. The van der Waals surface area contributed by atoms with E-state index in [1.165, 1.54) is 6.92 Å². The lowest BCUT2D eigenvalue weighted by Crippen LogP contribution is -2.37. The van der Waals surface area contributed by atoms with Crippen molar-refractivity contribution in [3.8, 4) is 0 Å². The molecule has 0 unspecified atom stereocenters. The smallest absolute Gasteiger partial charge is 0.235 e. The molecule has 0 aromatic heterocycles. The van der Waals surface area contributed by atoms with E-state index in [0.717, 1.165) is 31.2 Å². The van der Waals surface area contributed by atoms with Crippen molar-refractivity contribution in [1.29, 1.82) is 0 Å². The van der Waals surface area contributed by atoms with Crippen molar-refractivity contribution < 1.29 is 9.59 Å². The maximum absolute atomic E-state index is 13.0. The fourth-order valence-electron chi connectivity index (χ4n) is 3.43. The van der Waals surface area contributed by atoms with Gasteiger partial charge in [0.25, 0.3) is 0 Å². The van der Waals surface area contributed by atoms with Crippen LogP contribution >= 0.6 is 11.6 Å². The monoisotopic (exact) mass is 341 g/mol. The molecule has 1 fully saturated rings. The van der Waals surface area contributed by atoms with Crippen LogP contribution in [0.1, 0.15) is 48.5 Å². The second-order valence-electron chi connectivity index (χ2n) is 6.38. The number of Topliss-reactive ketones (excluding diaryl/α,β-unsaturated/α-hetero) is 1. The average Bonchev–Trinajstić information content (AvgIpc) is 3.07. The van der Waals surface area contributed by atoms with Crippen LogP contribution in [0, 0.1) is 0 Å². The zero-order valence-corrected chi connectivity index (χ0v) is 14.4. The number of carbonyl (C=O) groups excluding carboxylic acids is 2. The summed E-state index contributed by atoms with van der Waals surface area (Å²) in [5, 5.41) is 3.69. The molecule has 1 aliphatic rings. The average molecular weight is 342 g/mol. The van der Waals surface area contributed by atoms with Gasteiger partial charge in [-0.15, -0.1) is 0 Å². The van der Waals surface area contributed by atoms with E-state index >= 15 is 0 Å². The van der Waals surface area contributed by atoms with Crippen molar-refractivity contribution >= 4 is 29.0 Å². The predicted molar refractivity (Wildman–Crippen MR) is 96.7 cm³/mol. The van der Waals surface area contributed by atoms with Crippen LogP contribution in [0.3, 0.4) is 0 Å². The number of ketones is 1. The van der Waals surface area contributed by atoms with Crippen LogP contribution in [0.4, 0.5) is 5.69 Å². The fraction of sp³-hybridized carbons (Fsp3) is 0.300. The summed E-state index contributed by atoms with van der Waals surface area (Å²) in [7, 11) is 0. The van der Waals surface area contributed by atoms with E-state index < -0.39 is 5.41 Å². The lowest BCUT2D eigenvalue weighted by Gasteiger charge is -2.28. The minimum absolute atomic E-state index is 0.0119. The summed E-state index contributed by atoms with van der Waals surface area (Å²) in [6.45, 7) is 1.53. The summed E-state index contributed by atoms with van der Waals surface area (Å²) in [4.78, 5) is 24.4. The minimum Gasteiger partial charge on any atom is -0.325 e. The van der Waals surface area contributed by atoms with Crippen molar-refractivity contribution in [3.63, 3.8) is 0 Å². The van der Waals surface area contributed by atoms with Crippen molar-refractivity contribution in [2.45, 2.75) is 38.0 Å². The van der Waals surface area contributed by atoms with E-state index in [0.29, 0.717) is 16.3 Å². The van der Waals surface area contributed by atoms with Gasteiger partial charge in [-0.1, -0.05) is 36.6 Å². The van der Waals surface area contributed by atoms with E-state index in [1.54, 1.807) is 24.3 Å². The summed E-state index contributed by atoms with van der Waals surface area (Å²) in [6.07, 6.45) is 3.76. The first-order valence-corrected chi connectivity index (χ1v) is 8.58. The summed E-state index contributed by atoms with van der Waals surface area (Å²) in [5.74, 6) is 0.0270. The Balaban J connectivity index is 1.85. The number of nitrogens with one attached hydrogen (secondary N) is 1. The maximum Gasteiger partial charge on any atom is 0.235 e. The van der Waals surface area contributed by atoms with Gasteiger partial charge in [0, 0.05) is 16.3 Å². The fourth-order valence-corrected chi connectivity index (χ4v) is 3.56. The second kappa shape index (κ2) is 6.78. The number of halogens is 1. The Bertz CT molecular complexity index is 744. The minimum atomic E-state index is -0.496. The van der Waals surface area contributed by atoms with Crippen molar-refractivity contribution in [2.24, 2.45) is 0 Å². The molecule has 0 saturated heterocycles. The van der Waals surface area contributed by atoms with Gasteiger partial charge < -0.3 is 5.32 Å². The van der Waals surface area contributed by atoms with Gasteiger partial charge in [-0.25, -0.2) is 0 Å². The standard InChI is InChI=1S/C20H20ClNO2/c1-14(23)15-4-10-18(11-5-15)22-19(24)20(12-2-3-13-20)16-6-8-17(21)9-7-16/h4-11H,2-3,12-13H2,1H3,(H,22,24). The van der Waals surface area contributed by atoms with Crippen LogP contribution in [0.15, 0.2) is 48.5 Å². The zero-order chi connectivity index (χ0) is 17.2. The predicted octanol–water partition coefficient (Wildman–Crippen LogP) is 4.99. The topological polar surface area (TPSA) is 46.2 Å². The Morgan fingerprint density at radius 2 is 1.54 bits per heavy atom. The maximum atomic E-state index is 13.0. The highest BCUT2D eigenvalue weighted by atomic mass is 35.5. The molecule has 1 saturated carbocycles. The first-order chi connectivity index (χ1) is 11.5. The first kappa shape index (κ1) is 16.7. The number of hydrogen-bond donors (Lipinski definition) is 1. The molecule has 3 rings (SSSR count). The Hall–Kier alpha value is -2.13. The molecule has 3 nitrogen and oxygen atoms in total. The summed E-state index contributed by atoms with van der Waals surface area (Å²) < 4.78 is 0. The molecular weight excluding hydrogens is 322 g/mol. The van der Waals surface area contributed by atoms with E-state index in [9.17, 15) is 9.59 Å². The van der Waals surface area contributed by atoms with Crippen LogP contribution in [0.5, 0.6) is 0 Å². The van der Waals surface area contributed by atoms with Gasteiger partial charge >= 0.3 is 0 Å². The molecule has 1 N–H and O–H groups in total. The molecule has 1 amide bonds. The molecule has 24 heavy (non-hydrogen) atoms. The van der Waals surface area contributed by atoms with Gasteiger partial charge in [0.2, 0.25) is 5.91 Å². The number of amides is 1. The van der Waals surface area contributed by atoms with Gasteiger partial charge in [0.15, 0.2) is 5.78 Å². The third-order valence-corrected chi connectivity index (χ3v) is 5.09. The molecule has 0 aliphatic heterocycles. The lowest BCUT2D eigenvalue weighted by molar-refractivity contribution is -0.121. The lowest BCUT2D eigenvalue weighted by atomic mass is 9.78. The van der Waals surface area contributed by atoms with Crippen molar-refractivity contribution in [2.75, 3.05) is 5.32 Å². The molecule has 2 aromatic carbocycles. The molecule has 1 aliphatic carbocycles. The van der Waals surface area contributed by atoms with Gasteiger partial charge in [-0.05, 0) is 61.7 Å². The molecular formula is C20H20ClNO2. The van der Waals surface area contributed by atoms with Gasteiger partial charge in [-0.3, -0.25) is 9.59 Å². The number of anilines is 1. The van der Waals surface area contributed by atoms with Crippen LogP contribution < -0.4 is 5.32 Å². The number of rotatable bonds is 4. The molecule has 2 aromatic rings. The molecule has 0 radical (unpaired) electrons. The third-order valence-electron chi connectivity index (χ3n) is 4.84.